The maximum absolute atomic E-state index is 11.6. The standard InChI is InChI=1S/C11H23N3O/c1-3-14(4-2)10(8-12)7-11(15)13-9-5-6-9/h9-10H,3-8,12H2,1-2H3,(H,13,15). The highest BCUT2D eigenvalue weighted by molar-refractivity contribution is 5.77. The Morgan fingerprint density at radius 1 is 1.47 bits per heavy atom. The molecule has 0 aromatic rings. The van der Waals surface area contributed by atoms with E-state index in [9.17, 15) is 4.79 Å². The van der Waals surface area contributed by atoms with Gasteiger partial charge in [0.1, 0.15) is 0 Å². The quantitative estimate of drug-likeness (QED) is 0.640. The Morgan fingerprint density at radius 3 is 2.47 bits per heavy atom. The molecule has 1 aliphatic carbocycles. The molecular weight excluding hydrogens is 190 g/mol. The second-order valence-electron chi connectivity index (χ2n) is 4.16. The Morgan fingerprint density at radius 2 is 2.07 bits per heavy atom. The Bertz CT molecular complexity index is 200. The largest absolute Gasteiger partial charge is 0.353 e. The molecule has 0 spiro atoms. The van der Waals surface area contributed by atoms with Gasteiger partial charge >= 0.3 is 0 Å². The highest BCUT2D eigenvalue weighted by Gasteiger charge is 2.25. The van der Waals surface area contributed by atoms with Crippen LogP contribution in [0.5, 0.6) is 0 Å². The molecule has 1 rings (SSSR count). The molecule has 1 atom stereocenters. The van der Waals surface area contributed by atoms with Gasteiger partial charge in [-0.2, -0.15) is 0 Å². The average Bonchev–Trinajstić information content (AvgIpc) is 3.01. The van der Waals surface area contributed by atoms with E-state index >= 15 is 0 Å². The first-order valence-electron chi connectivity index (χ1n) is 5.94. The maximum Gasteiger partial charge on any atom is 0.221 e. The summed E-state index contributed by atoms with van der Waals surface area (Å²) in [6.07, 6.45) is 2.82. The van der Waals surface area contributed by atoms with Crippen molar-refractivity contribution in [1.82, 2.24) is 10.2 Å². The number of nitrogens with zero attached hydrogens (tertiary/aromatic N) is 1. The van der Waals surface area contributed by atoms with Crippen molar-refractivity contribution in [3.05, 3.63) is 0 Å². The normalized spacial score (nSPS) is 17.9. The van der Waals surface area contributed by atoms with Crippen LogP contribution < -0.4 is 11.1 Å². The van der Waals surface area contributed by atoms with Crippen LogP contribution in [-0.2, 0) is 4.79 Å². The maximum atomic E-state index is 11.6. The predicted molar refractivity (Wildman–Crippen MR) is 61.5 cm³/mol. The summed E-state index contributed by atoms with van der Waals surface area (Å²) < 4.78 is 0. The molecule has 0 saturated heterocycles. The third-order valence-electron chi connectivity index (χ3n) is 2.96. The summed E-state index contributed by atoms with van der Waals surface area (Å²) in [5, 5.41) is 3.00. The number of rotatable bonds is 7. The summed E-state index contributed by atoms with van der Waals surface area (Å²) in [7, 11) is 0. The van der Waals surface area contributed by atoms with Gasteiger partial charge in [-0.1, -0.05) is 13.8 Å². The fourth-order valence-electron chi connectivity index (χ4n) is 1.83. The van der Waals surface area contributed by atoms with Crippen LogP contribution in [0.4, 0.5) is 0 Å². The second-order valence-corrected chi connectivity index (χ2v) is 4.16. The number of hydrogen-bond donors (Lipinski definition) is 2. The van der Waals surface area contributed by atoms with E-state index in [4.69, 9.17) is 5.73 Å². The molecule has 3 N–H and O–H groups in total. The fraction of sp³-hybridized carbons (Fsp3) is 0.909. The average molecular weight is 213 g/mol. The monoisotopic (exact) mass is 213 g/mol. The van der Waals surface area contributed by atoms with E-state index in [1.54, 1.807) is 0 Å². The van der Waals surface area contributed by atoms with Crippen LogP contribution in [0.15, 0.2) is 0 Å². The first-order valence-corrected chi connectivity index (χ1v) is 5.94. The Balaban J connectivity index is 2.32. The van der Waals surface area contributed by atoms with Crippen molar-refractivity contribution in [2.75, 3.05) is 19.6 Å². The molecule has 1 unspecified atom stereocenters. The molecule has 4 heteroatoms. The van der Waals surface area contributed by atoms with Gasteiger partial charge < -0.3 is 11.1 Å². The number of carbonyl (C=O) groups excluding carboxylic acids is 1. The molecule has 0 aliphatic heterocycles. The van der Waals surface area contributed by atoms with Gasteiger partial charge in [0.2, 0.25) is 5.91 Å². The lowest BCUT2D eigenvalue weighted by molar-refractivity contribution is -0.122. The van der Waals surface area contributed by atoms with Crippen LogP contribution in [0, 0.1) is 0 Å². The first-order chi connectivity index (χ1) is 7.21. The van der Waals surface area contributed by atoms with Gasteiger partial charge in [0.25, 0.3) is 0 Å². The van der Waals surface area contributed by atoms with E-state index in [-0.39, 0.29) is 11.9 Å². The highest BCUT2D eigenvalue weighted by atomic mass is 16.1. The lowest BCUT2D eigenvalue weighted by Gasteiger charge is -2.28. The Hall–Kier alpha value is -0.610. The first kappa shape index (κ1) is 12.5. The molecule has 0 heterocycles. The molecule has 1 saturated carbocycles. The van der Waals surface area contributed by atoms with Crippen LogP contribution in [0.1, 0.15) is 33.1 Å². The minimum Gasteiger partial charge on any atom is -0.353 e. The molecule has 0 aromatic carbocycles. The Kier molecular flexibility index (Phi) is 5.05. The van der Waals surface area contributed by atoms with Crippen LogP contribution >= 0.6 is 0 Å². The van der Waals surface area contributed by atoms with Crippen molar-refractivity contribution >= 4 is 5.91 Å². The van der Waals surface area contributed by atoms with Gasteiger partial charge in [-0.05, 0) is 25.9 Å². The molecule has 0 radical (unpaired) electrons. The molecule has 0 aromatic heterocycles. The van der Waals surface area contributed by atoms with E-state index in [0.29, 0.717) is 19.0 Å². The van der Waals surface area contributed by atoms with Crippen molar-refractivity contribution in [3.63, 3.8) is 0 Å². The third-order valence-corrected chi connectivity index (χ3v) is 2.96. The third kappa shape index (κ3) is 4.18. The van der Waals surface area contributed by atoms with E-state index in [0.717, 1.165) is 25.9 Å². The highest BCUT2D eigenvalue weighted by Crippen LogP contribution is 2.18. The minimum absolute atomic E-state index is 0.153. The molecule has 15 heavy (non-hydrogen) atoms. The van der Waals surface area contributed by atoms with E-state index in [1.165, 1.54) is 0 Å². The molecule has 1 fully saturated rings. The zero-order valence-corrected chi connectivity index (χ0v) is 9.83. The SMILES string of the molecule is CCN(CC)C(CN)CC(=O)NC1CC1. The molecule has 4 nitrogen and oxygen atoms in total. The number of amides is 1. The van der Waals surface area contributed by atoms with Crippen molar-refractivity contribution in [2.24, 2.45) is 5.73 Å². The van der Waals surface area contributed by atoms with Crippen molar-refractivity contribution in [3.8, 4) is 0 Å². The second kappa shape index (κ2) is 6.08. The van der Waals surface area contributed by atoms with Crippen molar-refractivity contribution in [1.29, 1.82) is 0 Å². The predicted octanol–water partition coefficient (Wildman–Crippen LogP) is 0.324. The smallest absolute Gasteiger partial charge is 0.221 e. The van der Waals surface area contributed by atoms with Gasteiger partial charge in [-0.3, -0.25) is 9.69 Å². The Labute approximate surface area is 92.2 Å². The van der Waals surface area contributed by atoms with Gasteiger partial charge in [-0.15, -0.1) is 0 Å². The molecule has 88 valence electrons. The van der Waals surface area contributed by atoms with Crippen LogP contribution in [0.25, 0.3) is 0 Å². The van der Waals surface area contributed by atoms with Gasteiger partial charge in [-0.25, -0.2) is 0 Å². The molecule has 0 bridgehead atoms. The van der Waals surface area contributed by atoms with E-state index < -0.39 is 0 Å². The van der Waals surface area contributed by atoms with Crippen LogP contribution in [-0.4, -0.2) is 42.5 Å². The topological polar surface area (TPSA) is 58.4 Å². The summed E-state index contributed by atoms with van der Waals surface area (Å²) in [5.41, 5.74) is 5.70. The van der Waals surface area contributed by atoms with Gasteiger partial charge in [0.15, 0.2) is 0 Å². The number of hydrogen-bond acceptors (Lipinski definition) is 3. The molecule has 1 aliphatic rings. The van der Waals surface area contributed by atoms with Crippen molar-refractivity contribution in [2.45, 2.75) is 45.2 Å². The van der Waals surface area contributed by atoms with Crippen molar-refractivity contribution < 1.29 is 4.79 Å². The summed E-state index contributed by atoms with van der Waals surface area (Å²) in [4.78, 5) is 13.8. The van der Waals surface area contributed by atoms with E-state index in [1.807, 2.05) is 0 Å². The van der Waals surface area contributed by atoms with Gasteiger partial charge in [0, 0.05) is 25.0 Å². The number of carbonyl (C=O) groups is 1. The summed E-state index contributed by atoms with van der Waals surface area (Å²) in [6.45, 7) is 6.67. The number of nitrogens with two attached hydrogens (primary N) is 1. The van der Waals surface area contributed by atoms with Crippen LogP contribution in [0.3, 0.4) is 0 Å². The fourth-order valence-corrected chi connectivity index (χ4v) is 1.83. The van der Waals surface area contributed by atoms with Crippen LogP contribution in [0.2, 0.25) is 0 Å². The zero-order chi connectivity index (χ0) is 11.3. The number of likely N-dealkylation sites (N-methyl/N-ethyl adjacent to an activating group) is 1. The summed E-state index contributed by atoms with van der Waals surface area (Å²) >= 11 is 0. The zero-order valence-electron chi connectivity index (χ0n) is 9.83. The lowest BCUT2D eigenvalue weighted by Crippen LogP contribution is -2.44. The summed E-state index contributed by atoms with van der Waals surface area (Å²) in [5.74, 6) is 0.153. The molecule has 1 amide bonds. The summed E-state index contributed by atoms with van der Waals surface area (Å²) in [6, 6.07) is 0.645. The van der Waals surface area contributed by atoms with Gasteiger partial charge in [0.05, 0.1) is 0 Å². The minimum atomic E-state index is 0.153. The number of nitrogens with one attached hydrogen (secondary N) is 1. The molecular formula is C11H23N3O. The lowest BCUT2D eigenvalue weighted by atomic mass is 10.1. The van der Waals surface area contributed by atoms with E-state index in [2.05, 4.69) is 24.1 Å².